The quantitative estimate of drug-likeness (QED) is 0.805. The molecule has 1 aromatic rings. The minimum Gasteiger partial charge on any atom is -0.478 e. The van der Waals surface area contributed by atoms with E-state index in [0.717, 1.165) is 30.7 Å². The van der Waals surface area contributed by atoms with Crippen molar-refractivity contribution in [3.8, 4) is 0 Å². The van der Waals surface area contributed by atoms with Gasteiger partial charge in [-0.2, -0.15) is 0 Å². The monoisotopic (exact) mass is 269 g/mol. The van der Waals surface area contributed by atoms with Crippen molar-refractivity contribution in [3.05, 3.63) is 35.4 Å². The van der Waals surface area contributed by atoms with Gasteiger partial charge in [0.25, 0.3) is 0 Å². The average molecular weight is 269 g/mol. The normalized spacial score (nSPS) is 10.9. The van der Waals surface area contributed by atoms with E-state index in [-0.39, 0.29) is 11.3 Å². The predicted molar refractivity (Wildman–Crippen MR) is 71.2 cm³/mol. The van der Waals surface area contributed by atoms with Gasteiger partial charge >= 0.3 is 5.97 Å². The molecule has 19 heavy (non-hydrogen) atoms. The minimum absolute atomic E-state index is 0.0585. The fourth-order valence-corrected chi connectivity index (χ4v) is 1.85. The number of rotatable bonds is 6. The predicted octanol–water partition coefficient (Wildman–Crippen LogP) is 3.30. The Balaban J connectivity index is 3.12. The number of benzene rings is 1. The second-order valence-corrected chi connectivity index (χ2v) is 4.08. The molecule has 0 heterocycles. The van der Waals surface area contributed by atoms with Gasteiger partial charge in [-0.1, -0.05) is 6.92 Å². The Hall–Kier alpha value is -1.91. The second-order valence-electron chi connectivity index (χ2n) is 4.08. The fraction of sp³-hybridized carbons (Fsp3) is 0.357. The highest BCUT2D eigenvalue weighted by atomic mass is 19.1. The molecule has 1 aromatic carbocycles. The molecule has 0 aromatic heterocycles. The van der Waals surface area contributed by atoms with Gasteiger partial charge in [0, 0.05) is 19.2 Å². The van der Waals surface area contributed by atoms with Crippen molar-refractivity contribution in [2.45, 2.75) is 20.3 Å². The van der Waals surface area contributed by atoms with Gasteiger partial charge in [0.15, 0.2) is 0 Å². The molecule has 0 atom stereocenters. The van der Waals surface area contributed by atoms with Gasteiger partial charge in [-0.15, -0.1) is 0 Å². The molecular formula is C14H17F2NO2. The number of anilines is 1. The maximum Gasteiger partial charge on any atom is 0.328 e. The Morgan fingerprint density at radius 3 is 2.32 bits per heavy atom. The molecule has 0 radical (unpaired) electrons. The fourth-order valence-electron chi connectivity index (χ4n) is 1.85. The number of carbonyl (C=O) groups is 1. The second kappa shape index (κ2) is 6.87. The van der Waals surface area contributed by atoms with Crippen LogP contribution in [0.15, 0.2) is 18.2 Å². The Morgan fingerprint density at radius 2 is 1.89 bits per heavy atom. The summed E-state index contributed by atoms with van der Waals surface area (Å²) in [5, 5.41) is 8.48. The molecule has 1 N–H and O–H groups in total. The number of halogens is 2. The zero-order valence-corrected chi connectivity index (χ0v) is 11.0. The van der Waals surface area contributed by atoms with E-state index < -0.39 is 17.6 Å². The number of hydrogen-bond donors (Lipinski definition) is 1. The van der Waals surface area contributed by atoms with Crippen molar-refractivity contribution in [2.24, 2.45) is 0 Å². The number of aliphatic carboxylic acids is 1. The molecule has 0 aliphatic heterocycles. The SMILES string of the molecule is CCCN(CC)c1c(F)cc(C=CC(=O)O)cc1F. The summed E-state index contributed by atoms with van der Waals surface area (Å²) in [6.45, 7) is 4.83. The minimum atomic E-state index is -1.16. The van der Waals surface area contributed by atoms with Crippen LogP contribution >= 0.6 is 0 Å². The van der Waals surface area contributed by atoms with Crippen LogP contribution in [0.25, 0.3) is 6.08 Å². The van der Waals surface area contributed by atoms with Gasteiger partial charge in [0.2, 0.25) is 0 Å². The largest absolute Gasteiger partial charge is 0.478 e. The van der Waals surface area contributed by atoms with E-state index in [1.165, 1.54) is 0 Å². The van der Waals surface area contributed by atoms with Crippen LogP contribution in [0.2, 0.25) is 0 Å². The first kappa shape index (κ1) is 15.1. The van der Waals surface area contributed by atoms with Crippen molar-refractivity contribution < 1.29 is 18.7 Å². The zero-order valence-electron chi connectivity index (χ0n) is 11.0. The lowest BCUT2D eigenvalue weighted by atomic mass is 10.1. The summed E-state index contributed by atoms with van der Waals surface area (Å²) in [7, 11) is 0. The summed E-state index contributed by atoms with van der Waals surface area (Å²) >= 11 is 0. The molecule has 3 nitrogen and oxygen atoms in total. The van der Waals surface area contributed by atoms with E-state index in [2.05, 4.69) is 0 Å². The third-order valence-corrected chi connectivity index (χ3v) is 2.65. The molecule has 0 bridgehead atoms. The van der Waals surface area contributed by atoms with Crippen LogP contribution in [0.3, 0.4) is 0 Å². The Labute approximate surface area is 111 Å². The Kier molecular flexibility index (Phi) is 5.48. The van der Waals surface area contributed by atoms with Gasteiger partial charge in [-0.3, -0.25) is 0 Å². The van der Waals surface area contributed by atoms with Crippen molar-refractivity contribution in [3.63, 3.8) is 0 Å². The summed E-state index contributed by atoms with van der Waals surface area (Å²) in [6.07, 6.45) is 2.79. The van der Waals surface area contributed by atoms with Crippen LogP contribution in [-0.4, -0.2) is 24.2 Å². The highest BCUT2D eigenvalue weighted by molar-refractivity contribution is 5.85. The van der Waals surface area contributed by atoms with Gasteiger partial charge in [0.05, 0.1) is 0 Å². The lowest BCUT2D eigenvalue weighted by Crippen LogP contribution is -2.25. The van der Waals surface area contributed by atoms with Crippen molar-refractivity contribution in [1.29, 1.82) is 0 Å². The van der Waals surface area contributed by atoms with Gasteiger partial charge < -0.3 is 10.0 Å². The van der Waals surface area contributed by atoms with E-state index in [9.17, 15) is 13.6 Å². The van der Waals surface area contributed by atoms with Crippen LogP contribution in [0.5, 0.6) is 0 Å². The molecule has 1 rings (SSSR count). The third kappa shape index (κ3) is 4.05. The van der Waals surface area contributed by atoms with Crippen LogP contribution in [0.4, 0.5) is 14.5 Å². The number of nitrogens with zero attached hydrogens (tertiary/aromatic N) is 1. The molecule has 0 saturated heterocycles. The number of hydrogen-bond acceptors (Lipinski definition) is 2. The van der Waals surface area contributed by atoms with Crippen molar-refractivity contribution in [1.82, 2.24) is 0 Å². The van der Waals surface area contributed by atoms with E-state index in [1.54, 1.807) is 4.90 Å². The highest BCUT2D eigenvalue weighted by Gasteiger charge is 2.15. The summed E-state index contributed by atoms with van der Waals surface area (Å²) < 4.78 is 27.9. The van der Waals surface area contributed by atoms with Crippen molar-refractivity contribution in [2.75, 3.05) is 18.0 Å². The molecule has 5 heteroatoms. The van der Waals surface area contributed by atoms with Gasteiger partial charge in [-0.05, 0) is 37.1 Å². The molecule has 104 valence electrons. The number of carboxylic acids is 1. The maximum absolute atomic E-state index is 13.9. The maximum atomic E-state index is 13.9. The molecular weight excluding hydrogens is 252 g/mol. The van der Waals surface area contributed by atoms with Crippen LogP contribution in [0.1, 0.15) is 25.8 Å². The van der Waals surface area contributed by atoms with E-state index >= 15 is 0 Å². The Bertz CT molecular complexity index is 463. The molecule has 0 saturated carbocycles. The van der Waals surface area contributed by atoms with E-state index in [0.29, 0.717) is 13.1 Å². The lowest BCUT2D eigenvalue weighted by molar-refractivity contribution is -0.131. The van der Waals surface area contributed by atoms with Crippen LogP contribution in [-0.2, 0) is 4.79 Å². The van der Waals surface area contributed by atoms with Gasteiger partial charge in [0.1, 0.15) is 17.3 Å². The molecule has 0 amide bonds. The topological polar surface area (TPSA) is 40.5 Å². The standard InChI is InChI=1S/C14H17F2NO2/c1-3-7-17(4-2)14-11(15)8-10(9-12(14)16)5-6-13(18)19/h5-6,8-9H,3-4,7H2,1-2H3,(H,18,19). The molecule has 0 aliphatic carbocycles. The molecule has 0 unspecified atom stereocenters. The summed E-state index contributed by atoms with van der Waals surface area (Å²) in [5.41, 5.74) is 0.130. The third-order valence-electron chi connectivity index (χ3n) is 2.65. The molecule has 0 spiro atoms. The zero-order chi connectivity index (χ0) is 14.4. The summed E-state index contributed by atoms with van der Waals surface area (Å²) in [6, 6.07) is 2.27. The first-order valence-corrected chi connectivity index (χ1v) is 6.14. The van der Waals surface area contributed by atoms with Crippen molar-refractivity contribution >= 4 is 17.7 Å². The molecule has 0 aliphatic rings. The highest BCUT2D eigenvalue weighted by Crippen LogP contribution is 2.25. The van der Waals surface area contributed by atoms with Gasteiger partial charge in [-0.25, -0.2) is 13.6 Å². The first-order chi connectivity index (χ1) is 8.99. The van der Waals surface area contributed by atoms with E-state index in [4.69, 9.17) is 5.11 Å². The smallest absolute Gasteiger partial charge is 0.328 e. The number of carboxylic acid groups (broad SMARTS) is 1. The lowest BCUT2D eigenvalue weighted by Gasteiger charge is -2.23. The van der Waals surface area contributed by atoms with Crippen LogP contribution < -0.4 is 4.90 Å². The molecule has 0 fully saturated rings. The summed E-state index contributed by atoms with van der Waals surface area (Å²) in [4.78, 5) is 12.0. The Morgan fingerprint density at radius 1 is 1.32 bits per heavy atom. The van der Waals surface area contributed by atoms with Crippen LogP contribution in [0, 0.1) is 11.6 Å². The summed E-state index contributed by atoms with van der Waals surface area (Å²) in [5.74, 6) is -2.52. The first-order valence-electron chi connectivity index (χ1n) is 6.14. The average Bonchev–Trinajstić information content (AvgIpc) is 2.34. The van der Waals surface area contributed by atoms with E-state index in [1.807, 2.05) is 13.8 Å².